The summed E-state index contributed by atoms with van der Waals surface area (Å²) in [5, 5.41) is 2.58. The van der Waals surface area contributed by atoms with Crippen molar-refractivity contribution in [1.29, 1.82) is 0 Å². The molecule has 0 aromatic heterocycles. The largest absolute Gasteiger partial charge is 0.497 e. The third kappa shape index (κ3) is 4.91. The third-order valence-electron chi connectivity index (χ3n) is 4.20. The van der Waals surface area contributed by atoms with E-state index in [1.165, 1.54) is 37.4 Å². The van der Waals surface area contributed by atoms with Crippen molar-refractivity contribution in [3.8, 4) is 5.75 Å². The van der Waals surface area contributed by atoms with Crippen molar-refractivity contribution in [2.75, 3.05) is 17.1 Å². The molecule has 2 N–H and O–H groups in total. The molecule has 29 heavy (non-hydrogen) atoms. The summed E-state index contributed by atoms with van der Waals surface area (Å²) >= 11 is 0. The van der Waals surface area contributed by atoms with E-state index in [2.05, 4.69) is 10.0 Å². The monoisotopic (exact) mass is 414 g/mol. The average molecular weight is 414 g/mol. The number of hydrogen-bond donors (Lipinski definition) is 2. The fourth-order valence-electron chi connectivity index (χ4n) is 2.53. The van der Waals surface area contributed by atoms with Crippen LogP contribution in [0.5, 0.6) is 5.75 Å². The van der Waals surface area contributed by atoms with Crippen LogP contribution in [0.15, 0.2) is 71.6 Å². The standard InChI is InChI=1S/C21H19FN2O4S/c1-14-3-6-17(13-20(14)22)23-21(25)15-4-11-19(12-5-15)29(26,27)24-16-7-9-18(28-2)10-8-16/h3-13,24H,1-2H3,(H,23,25). The van der Waals surface area contributed by atoms with Gasteiger partial charge in [0.25, 0.3) is 15.9 Å². The van der Waals surface area contributed by atoms with E-state index in [9.17, 15) is 17.6 Å². The highest BCUT2D eigenvalue weighted by Gasteiger charge is 2.15. The Morgan fingerprint density at radius 3 is 2.14 bits per heavy atom. The van der Waals surface area contributed by atoms with Gasteiger partial charge in [0.15, 0.2) is 0 Å². The number of nitrogens with one attached hydrogen (secondary N) is 2. The van der Waals surface area contributed by atoms with Gasteiger partial charge in [0.1, 0.15) is 11.6 Å². The van der Waals surface area contributed by atoms with Gasteiger partial charge < -0.3 is 10.1 Å². The number of benzene rings is 3. The summed E-state index contributed by atoms with van der Waals surface area (Å²) in [6, 6.07) is 16.3. The van der Waals surface area contributed by atoms with Crippen LogP contribution in [0.25, 0.3) is 0 Å². The van der Waals surface area contributed by atoms with Crippen molar-refractivity contribution in [1.82, 2.24) is 0 Å². The molecule has 8 heteroatoms. The fourth-order valence-corrected chi connectivity index (χ4v) is 3.59. The summed E-state index contributed by atoms with van der Waals surface area (Å²) in [5.74, 6) is -0.286. The molecule has 3 aromatic rings. The van der Waals surface area contributed by atoms with Crippen molar-refractivity contribution in [2.45, 2.75) is 11.8 Å². The van der Waals surface area contributed by atoms with Crippen molar-refractivity contribution in [3.63, 3.8) is 0 Å². The number of methoxy groups -OCH3 is 1. The van der Waals surface area contributed by atoms with Gasteiger partial charge >= 0.3 is 0 Å². The SMILES string of the molecule is COc1ccc(NS(=O)(=O)c2ccc(C(=O)Nc3ccc(C)c(F)c3)cc2)cc1. The first kappa shape index (κ1) is 20.3. The third-order valence-corrected chi connectivity index (χ3v) is 5.60. The minimum atomic E-state index is -3.82. The maximum atomic E-state index is 13.6. The number of ether oxygens (including phenoxy) is 1. The zero-order valence-corrected chi connectivity index (χ0v) is 16.6. The predicted molar refractivity (Wildman–Crippen MR) is 109 cm³/mol. The highest BCUT2D eigenvalue weighted by atomic mass is 32.2. The Morgan fingerprint density at radius 1 is 0.931 bits per heavy atom. The molecular weight excluding hydrogens is 395 g/mol. The molecule has 0 saturated carbocycles. The van der Waals surface area contributed by atoms with Crippen LogP contribution in [0, 0.1) is 12.7 Å². The number of amides is 1. The Bertz CT molecular complexity index is 1130. The van der Waals surface area contributed by atoms with Gasteiger partial charge in [-0.1, -0.05) is 6.07 Å². The van der Waals surface area contributed by atoms with Crippen LogP contribution in [0.4, 0.5) is 15.8 Å². The maximum Gasteiger partial charge on any atom is 0.261 e. The second-order valence-corrected chi connectivity index (χ2v) is 7.96. The first-order valence-corrected chi connectivity index (χ1v) is 10.1. The molecule has 150 valence electrons. The van der Waals surface area contributed by atoms with Crippen LogP contribution in [0.2, 0.25) is 0 Å². The second kappa shape index (κ2) is 8.32. The Kier molecular flexibility index (Phi) is 5.84. The van der Waals surface area contributed by atoms with Gasteiger partial charge in [-0.25, -0.2) is 12.8 Å². The molecule has 3 aromatic carbocycles. The number of carbonyl (C=O) groups is 1. The lowest BCUT2D eigenvalue weighted by Gasteiger charge is -2.10. The number of carbonyl (C=O) groups excluding carboxylic acids is 1. The number of halogens is 1. The minimum Gasteiger partial charge on any atom is -0.497 e. The molecule has 0 aliphatic rings. The highest BCUT2D eigenvalue weighted by molar-refractivity contribution is 7.92. The lowest BCUT2D eigenvalue weighted by Crippen LogP contribution is -2.15. The lowest BCUT2D eigenvalue weighted by molar-refractivity contribution is 0.102. The van der Waals surface area contributed by atoms with Gasteiger partial charge in [-0.05, 0) is 73.2 Å². The molecule has 0 aliphatic carbocycles. The van der Waals surface area contributed by atoms with Crippen molar-refractivity contribution >= 4 is 27.3 Å². The minimum absolute atomic E-state index is 0.00579. The topological polar surface area (TPSA) is 84.5 Å². The van der Waals surface area contributed by atoms with Gasteiger partial charge in [0.2, 0.25) is 0 Å². The number of sulfonamides is 1. The molecule has 0 radical (unpaired) electrons. The Morgan fingerprint density at radius 2 is 1.55 bits per heavy atom. The van der Waals surface area contributed by atoms with Crippen LogP contribution in [0.3, 0.4) is 0 Å². The molecule has 0 fully saturated rings. The number of hydrogen-bond acceptors (Lipinski definition) is 4. The molecule has 0 saturated heterocycles. The first-order valence-electron chi connectivity index (χ1n) is 8.63. The van der Waals surface area contributed by atoms with E-state index in [0.717, 1.165) is 0 Å². The van der Waals surface area contributed by atoms with Crippen molar-refractivity contribution in [2.24, 2.45) is 0 Å². The zero-order chi connectivity index (χ0) is 21.0. The van der Waals surface area contributed by atoms with E-state index in [4.69, 9.17) is 4.74 Å². The summed E-state index contributed by atoms with van der Waals surface area (Å²) in [7, 11) is -2.30. The summed E-state index contributed by atoms with van der Waals surface area (Å²) in [4.78, 5) is 12.3. The van der Waals surface area contributed by atoms with Crippen LogP contribution in [0.1, 0.15) is 15.9 Å². The molecule has 3 rings (SSSR count). The summed E-state index contributed by atoms with van der Waals surface area (Å²) in [5.41, 5.74) is 1.42. The van der Waals surface area contributed by atoms with E-state index < -0.39 is 21.7 Å². The predicted octanol–water partition coefficient (Wildman–Crippen LogP) is 4.20. The highest BCUT2D eigenvalue weighted by Crippen LogP contribution is 2.20. The molecular formula is C21H19FN2O4S. The fraction of sp³-hybridized carbons (Fsp3) is 0.0952. The normalized spacial score (nSPS) is 11.0. The van der Waals surface area contributed by atoms with Gasteiger partial charge in [-0.15, -0.1) is 0 Å². The van der Waals surface area contributed by atoms with Crippen LogP contribution < -0.4 is 14.8 Å². The molecule has 0 unspecified atom stereocenters. The van der Waals surface area contributed by atoms with E-state index in [0.29, 0.717) is 22.7 Å². The number of rotatable bonds is 6. The summed E-state index contributed by atoms with van der Waals surface area (Å²) < 4.78 is 46.1. The van der Waals surface area contributed by atoms with Gasteiger partial charge in [-0.2, -0.15) is 0 Å². The van der Waals surface area contributed by atoms with Gasteiger partial charge in [0.05, 0.1) is 12.0 Å². The Balaban J connectivity index is 1.72. The Hall–Kier alpha value is -3.39. The lowest BCUT2D eigenvalue weighted by atomic mass is 10.2. The first-order chi connectivity index (χ1) is 13.8. The van der Waals surface area contributed by atoms with Crippen LogP contribution in [-0.4, -0.2) is 21.4 Å². The average Bonchev–Trinajstić information content (AvgIpc) is 2.71. The van der Waals surface area contributed by atoms with E-state index in [-0.39, 0.29) is 10.5 Å². The smallest absolute Gasteiger partial charge is 0.261 e. The second-order valence-electron chi connectivity index (χ2n) is 6.28. The molecule has 0 bridgehead atoms. The molecule has 1 amide bonds. The molecule has 0 heterocycles. The van der Waals surface area contributed by atoms with E-state index >= 15 is 0 Å². The van der Waals surface area contributed by atoms with E-state index in [1.807, 2.05) is 0 Å². The van der Waals surface area contributed by atoms with Gasteiger partial charge in [-0.3, -0.25) is 9.52 Å². The summed E-state index contributed by atoms with van der Waals surface area (Å²) in [6.07, 6.45) is 0. The molecule has 0 atom stereocenters. The van der Waals surface area contributed by atoms with E-state index in [1.54, 1.807) is 43.3 Å². The van der Waals surface area contributed by atoms with Crippen LogP contribution >= 0.6 is 0 Å². The van der Waals surface area contributed by atoms with Crippen LogP contribution in [-0.2, 0) is 10.0 Å². The quantitative estimate of drug-likeness (QED) is 0.633. The zero-order valence-electron chi connectivity index (χ0n) is 15.8. The number of aryl methyl sites for hydroxylation is 1. The number of anilines is 2. The van der Waals surface area contributed by atoms with Crippen molar-refractivity contribution in [3.05, 3.63) is 83.7 Å². The Labute approximate surface area is 168 Å². The summed E-state index contributed by atoms with van der Waals surface area (Å²) in [6.45, 7) is 1.63. The van der Waals surface area contributed by atoms with Crippen molar-refractivity contribution < 1.29 is 22.3 Å². The van der Waals surface area contributed by atoms with Gasteiger partial charge in [0, 0.05) is 16.9 Å². The molecule has 6 nitrogen and oxygen atoms in total. The molecule has 0 aliphatic heterocycles. The molecule has 0 spiro atoms. The maximum absolute atomic E-state index is 13.6.